The molecule has 2 aliphatic heterocycles. The maximum Gasteiger partial charge on any atom is 0.255 e. The van der Waals surface area contributed by atoms with Crippen LogP contribution in [0.3, 0.4) is 0 Å². The Bertz CT molecular complexity index is 1130. The molecular formula is C25H25ClN4O3. The zero-order valence-electron chi connectivity index (χ0n) is 18.2. The Morgan fingerprint density at radius 1 is 1.03 bits per heavy atom. The van der Waals surface area contributed by atoms with Gasteiger partial charge in [-0.1, -0.05) is 23.7 Å². The van der Waals surface area contributed by atoms with Crippen molar-refractivity contribution in [2.45, 2.75) is 6.42 Å². The number of benzene rings is 2. The number of hydrogen-bond acceptors (Lipinski definition) is 6. The average Bonchev–Trinajstić information content (AvgIpc) is 3.34. The first kappa shape index (κ1) is 21.6. The van der Waals surface area contributed by atoms with E-state index in [1.807, 2.05) is 30.6 Å². The summed E-state index contributed by atoms with van der Waals surface area (Å²) in [7, 11) is 0. The minimum atomic E-state index is -0.237. The van der Waals surface area contributed by atoms with Gasteiger partial charge in [-0.25, -0.2) is 0 Å². The molecule has 1 saturated heterocycles. The summed E-state index contributed by atoms with van der Waals surface area (Å²) in [5.74, 6) is 0.734. The van der Waals surface area contributed by atoms with Gasteiger partial charge in [-0.3, -0.25) is 14.7 Å². The molecule has 0 radical (unpaired) electrons. The molecule has 0 saturated carbocycles. The largest absolute Gasteiger partial charge is 0.454 e. The first-order valence-corrected chi connectivity index (χ1v) is 11.4. The van der Waals surface area contributed by atoms with Crippen LogP contribution in [0.4, 0.5) is 11.4 Å². The summed E-state index contributed by atoms with van der Waals surface area (Å²) >= 11 is 6.25. The highest BCUT2D eigenvalue weighted by Gasteiger charge is 2.23. The molecule has 33 heavy (non-hydrogen) atoms. The van der Waals surface area contributed by atoms with Gasteiger partial charge in [-0.2, -0.15) is 0 Å². The molecule has 2 aromatic carbocycles. The zero-order chi connectivity index (χ0) is 22.6. The molecule has 2 aliphatic rings. The summed E-state index contributed by atoms with van der Waals surface area (Å²) in [6, 6.07) is 15.3. The lowest BCUT2D eigenvalue weighted by molar-refractivity contribution is 0.102. The van der Waals surface area contributed by atoms with Crippen molar-refractivity contribution in [1.82, 2.24) is 9.88 Å². The van der Waals surface area contributed by atoms with Gasteiger partial charge in [0.1, 0.15) is 0 Å². The molecule has 0 aliphatic carbocycles. The number of nitrogens with zero attached hydrogens (tertiary/aromatic N) is 3. The van der Waals surface area contributed by atoms with Crippen molar-refractivity contribution in [2.75, 3.05) is 49.7 Å². The van der Waals surface area contributed by atoms with Gasteiger partial charge in [-0.15, -0.1) is 0 Å². The van der Waals surface area contributed by atoms with Crippen LogP contribution in [0.5, 0.6) is 11.5 Å². The van der Waals surface area contributed by atoms with E-state index < -0.39 is 0 Å². The van der Waals surface area contributed by atoms with Gasteiger partial charge in [-0.05, 0) is 48.4 Å². The van der Waals surface area contributed by atoms with Crippen LogP contribution in [-0.4, -0.2) is 55.3 Å². The van der Waals surface area contributed by atoms with Crippen LogP contribution in [0, 0.1) is 0 Å². The van der Waals surface area contributed by atoms with E-state index in [-0.39, 0.29) is 12.7 Å². The van der Waals surface area contributed by atoms with Gasteiger partial charge in [0.25, 0.3) is 5.91 Å². The number of amides is 1. The van der Waals surface area contributed by atoms with Crippen molar-refractivity contribution in [3.05, 3.63) is 77.1 Å². The molecule has 170 valence electrons. The van der Waals surface area contributed by atoms with Gasteiger partial charge < -0.3 is 19.7 Å². The van der Waals surface area contributed by atoms with Crippen molar-refractivity contribution in [3.8, 4) is 11.5 Å². The molecule has 0 spiro atoms. The first-order valence-electron chi connectivity index (χ1n) is 11.0. The number of nitrogens with one attached hydrogen (secondary N) is 1. The molecule has 0 atom stereocenters. The lowest BCUT2D eigenvalue weighted by atomic mass is 10.1. The van der Waals surface area contributed by atoms with E-state index in [2.05, 4.69) is 38.3 Å². The Balaban J connectivity index is 1.22. The van der Waals surface area contributed by atoms with Crippen LogP contribution in [0.25, 0.3) is 0 Å². The predicted octanol–water partition coefficient (Wildman–Crippen LogP) is 4.08. The second-order valence-electron chi connectivity index (χ2n) is 8.10. The van der Waals surface area contributed by atoms with Crippen molar-refractivity contribution in [2.24, 2.45) is 0 Å². The summed E-state index contributed by atoms with van der Waals surface area (Å²) in [6.45, 7) is 4.90. The van der Waals surface area contributed by atoms with E-state index >= 15 is 0 Å². The molecule has 8 heteroatoms. The number of aromatic nitrogens is 1. The lowest BCUT2D eigenvalue weighted by Crippen LogP contribution is -2.47. The predicted molar refractivity (Wildman–Crippen MR) is 129 cm³/mol. The number of rotatable bonds is 6. The third-order valence-electron chi connectivity index (χ3n) is 6.02. The van der Waals surface area contributed by atoms with Crippen LogP contribution < -0.4 is 19.7 Å². The number of halogens is 1. The number of hydrogen-bond donors (Lipinski definition) is 1. The molecule has 1 amide bonds. The number of anilines is 2. The van der Waals surface area contributed by atoms with E-state index in [4.69, 9.17) is 21.1 Å². The van der Waals surface area contributed by atoms with E-state index in [1.165, 1.54) is 5.56 Å². The van der Waals surface area contributed by atoms with Crippen LogP contribution >= 0.6 is 11.6 Å². The Morgan fingerprint density at radius 2 is 1.82 bits per heavy atom. The molecule has 3 heterocycles. The molecule has 3 aromatic rings. The van der Waals surface area contributed by atoms with E-state index in [1.54, 1.807) is 12.1 Å². The highest BCUT2D eigenvalue weighted by Crippen LogP contribution is 2.40. The fourth-order valence-electron chi connectivity index (χ4n) is 4.20. The number of carbonyl (C=O) groups excluding carboxylic acids is 1. The topological polar surface area (TPSA) is 66.9 Å². The lowest BCUT2D eigenvalue weighted by Gasteiger charge is -2.37. The maximum atomic E-state index is 13.0. The van der Waals surface area contributed by atoms with Gasteiger partial charge in [0.2, 0.25) is 6.79 Å². The second-order valence-corrected chi connectivity index (χ2v) is 8.50. The fourth-order valence-corrected chi connectivity index (χ4v) is 4.46. The number of carbonyl (C=O) groups is 1. The van der Waals surface area contributed by atoms with E-state index in [0.717, 1.165) is 50.5 Å². The summed E-state index contributed by atoms with van der Waals surface area (Å²) in [5, 5.41) is 3.41. The molecule has 7 nitrogen and oxygen atoms in total. The smallest absolute Gasteiger partial charge is 0.255 e. The summed E-state index contributed by atoms with van der Waals surface area (Å²) in [6.07, 6.45) is 4.71. The minimum Gasteiger partial charge on any atom is -0.454 e. The van der Waals surface area contributed by atoms with Crippen molar-refractivity contribution in [3.63, 3.8) is 0 Å². The summed E-state index contributed by atoms with van der Waals surface area (Å²) in [5.41, 5.74) is 3.54. The van der Waals surface area contributed by atoms with Gasteiger partial charge in [0.15, 0.2) is 11.5 Å². The Kier molecular flexibility index (Phi) is 6.32. The standard InChI is InChI=1S/C25H25ClN4O3/c26-20-15-19(16-23-24(20)33-17-32-23)25(31)28-21-3-1-2-4-22(21)30-13-11-29(12-14-30)10-7-18-5-8-27-9-6-18/h1-6,8-9,15-16H,7,10-14,17H2,(H,28,31). The third kappa shape index (κ3) is 4.89. The van der Waals surface area contributed by atoms with Gasteiger partial charge >= 0.3 is 0 Å². The Hall–Kier alpha value is -3.29. The molecule has 0 unspecified atom stereocenters. The minimum absolute atomic E-state index is 0.109. The highest BCUT2D eigenvalue weighted by atomic mass is 35.5. The van der Waals surface area contributed by atoms with Crippen LogP contribution in [0.1, 0.15) is 15.9 Å². The summed E-state index contributed by atoms with van der Waals surface area (Å²) in [4.78, 5) is 21.9. The normalized spacial score (nSPS) is 15.5. The molecule has 5 rings (SSSR count). The fraction of sp³-hybridized carbons (Fsp3) is 0.280. The van der Waals surface area contributed by atoms with Gasteiger partial charge in [0, 0.05) is 50.7 Å². The SMILES string of the molecule is O=C(Nc1ccccc1N1CCN(CCc2ccncc2)CC1)c1cc(Cl)c2c(c1)OCO2. The molecule has 1 N–H and O–H groups in total. The molecule has 1 fully saturated rings. The molecule has 1 aromatic heterocycles. The number of ether oxygens (including phenoxy) is 2. The molecule has 0 bridgehead atoms. The quantitative estimate of drug-likeness (QED) is 0.593. The Morgan fingerprint density at radius 3 is 2.64 bits per heavy atom. The van der Waals surface area contributed by atoms with Crippen molar-refractivity contribution >= 4 is 28.9 Å². The zero-order valence-corrected chi connectivity index (χ0v) is 18.9. The monoisotopic (exact) mass is 464 g/mol. The summed E-state index contributed by atoms with van der Waals surface area (Å²) < 4.78 is 10.7. The average molecular weight is 465 g/mol. The number of para-hydroxylation sites is 2. The van der Waals surface area contributed by atoms with Crippen LogP contribution in [0.2, 0.25) is 5.02 Å². The number of piperazine rings is 1. The van der Waals surface area contributed by atoms with Crippen LogP contribution in [0.15, 0.2) is 60.9 Å². The first-order chi connectivity index (χ1) is 16.2. The highest BCUT2D eigenvalue weighted by molar-refractivity contribution is 6.33. The number of fused-ring (bicyclic) bond motifs is 1. The van der Waals surface area contributed by atoms with Crippen molar-refractivity contribution in [1.29, 1.82) is 0 Å². The van der Waals surface area contributed by atoms with Crippen LogP contribution in [-0.2, 0) is 6.42 Å². The van der Waals surface area contributed by atoms with Crippen molar-refractivity contribution < 1.29 is 14.3 Å². The third-order valence-corrected chi connectivity index (χ3v) is 6.30. The Labute approximate surface area is 197 Å². The molecular weight excluding hydrogens is 440 g/mol. The van der Waals surface area contributed by atoms with Gasteiger partial charge in [0.05, 0.1) is 16.4 Å². The van der Waals surface area contributed by atoms with E-state index in [0.29, 0.717) is 22.1 Å². The van der Waals surface area contributed by atoms with E-state index in [9.17, 15) is 4.79 Å². The number of pyridine rings is 1. The maximum absolute atomic E-state index is 13.0. The second kappa shape index (κ2) is 9.68.